The van der Waals surface area contributed by atoms with Gasteiger partial charge < -0.3 is 10.6 Å². The molecular weight excluding hydrogens is 415 g/mol. The molecule has 0 radical (unpaired) electrons. The van der Waals surface area contributed by atoms with Crippen LogP contribution < -0.4 is 10.6 Å². The number of rotatable bonds is 4. The lowest BCUT2D eigenvalue weighted by Gasteiger charge is -2.11. The topological polar surface area (TPSA) is 70.6 Å². The number of guanidine groups is 1. The predicted molar refractivity (Wildman–Crippen MR) is 111 cm³/mol. The van der Waals surface area contributed by atoms with Crippen molar-refractivity contribution in [1.82, 2.24) is 10.6 Å². The lowest BCUT2D eigenvalue weighted by Crippen LogP contribution is -2.37. The number of benzene rings is 2. The molecule has 0 amide bonds. The second-order valence-corrected chi connectivity index (χ2v) is 8.52. The Kier molecular flexibility index (Phi) is 7.51. The molecule has 0 heterocycles. The Labute approximate surface area is 174 Å². The van der Waals surface area contributed by atoms with E-state index in [4.69, 9.17) is 0 Å². The number of sulfone groups is 1. The van der Waals surface area contributed by atoms with Crippen LogP contribution in [0.2, 0.25) is 0 Å². The minimum atomic E-state index is -4.40. The zero-order valence-corrected chi connectivity index (χ0v) is 17.6. The van der Waals surface area contributed by atoms with Crippen LogP contribution in [0.4, 0.5) is 13.2 Å². The maximum Gasteiger partial charge on any atom is 0.416 e. The Morgan fingerprint density at radius 3 is 2.47 bits per heavy atom. The maximum atomic E-state index is 12.7. The summed E-state index contributed by atoms with van der Waals surface area (Å²) in [7, 11) is -1.69. The molecule has 30 heavy (non-hydrogen) atoms. The van der Waals surface area contributed by atoms with Crippen LogP contribution in [0.15, 0.2) is 52.4 Å². The molecule has 2 N–H and O–H groups in total. The fraction of sp³-hybridized carbons (Fsp3) is 0.286. The molecule has 0 bridgehead atoms. The van der Waals surface area contributed by atoms with E-state index < -0.39 is 21.6 Å². The van der Waals surface area contributed by atoms with Gasteiger partial charge in [0.1, 0.15) is 0 Å². The van der Waals surface area contributed by atoms with Crippen LogP contribution in [0.1, 0.15) is 22.3 Å². The molecule has 5 nitrogen and oxygen atoms in total. The van der Waals surface area contributed by atoms with Crippen molar-refractivity contribution in [1.29, 1.82) is 0 Å². The van der Waals surface area contributed by atoms with E-state index in [1.165, 1.54) is 18.4 Å². The van der Waals surface area contributed by atoms with Gasteiger partial charge in [-0.2, -0.15) is 13.2 Å². The van der Waals surface area contributed by atoms with E-state index in [9.17, 15) is 21.6 Å². The van der Waals surface area contributed by atoms with Crippen molar-refractivity contribution in [3.8, 4) is 11.8 Å². The van der Waals surface area contributed by atoms with E-state index in [2.05, 4.69) is 27.5 Å². The molecule has 0 saturated carbocycles. The number of nitrogens with one attached hydrogen (secondary N) is 2. The molecule has 160 valence electrons. The van der Waals surface area contributed by atoms with Crippen LogP contribution in [0.25, 0.3) is 0 Å². The Morgan fingerprint density at radius 1 is 1.13 bits per heavy atom. The van der Waals surface area contributed by atoms with Gasteiger partial charge in [0.15, 0.2) is 15.8 Å². The SMILES string of the molecule is CN=C(NCC#Cc1cccc(C(F)(F)F)c1)NCc1ccc(S(C)(=O)=O)c(C)c1. The van der Waals surface area contributed by atoms with Gasteiger partial charge in [-0.3, -0.25) is 4.99 Å². The summed E-state index contributed by atoms with van der Waals surface area (Å²) in [6.07, 6.45) is -3.24. The summed E-state index contributed by atoms with van der Waals surface area (Å²) >= 11 is 0. The van der Waals surface area contributed by atoms with Gasteiger partial charge in [0.2, 0.25) is 0 Å². The quantitative estimate of drug-likeness (QED) is 0.438. The average molecular weight is 437 g/mol. The van der Waals surface area contributed by atoms with Crippen molar-refractivity contribution in [3.05, 3.63) is 64.7 Å². The van der Waals surface area contributed by atoms with E-state index in [1.807, 2.05) is 0 Å². The largest absolute Gasteiger partial charge is 0.416 e. The minimum absolute atomic E-state index is 0.183. The molecule has 0 aromatic heterocycles. The van der Waals surface area contributed by atoms with Crippen molar-refractivity contribution in [2.45, 2.75) is 24.5 Å². The lowest BCUT2D eigenvalue weighted by atomic mass is 10.1. The first-order valence-corrected chi connectivity index (χ1v) is 10.8. The summed E-state index contributed by atoms with van der Waals surface area (Å²) in [5.41, 5.74) is 1.07. The van der Waals surface area contributed by atoms with E-state index >= 15 is 0 Å². The second kappa shape index (κ2) is 9.67. The zero-order chi connectivity index (χ0) is 22.4. The molecule has 0 saturated heterocycles. The van der Waals surface area contributed by atoms with Crippen molar-refractivity contribution in [2.75, 3.05) is 19.8 Å². The highest BCUT2D eigenvalue weighted by molar-refractivity contribution is 7.90. The number of halogens is 3. The smallest absolute Gasteiger partial charge is 0.352 e. The normalized spacial score (nSPS) is 12.1. The van der Waals surface area contributed by atoms with Crippen LogP contribution in [0.3, 0.4) is 0 Å². The summed E-state index contributed by atoms with van der Waals surface area (Å²) in [5, 5.41) is 6.02. The average Bonchev–Trinajstić information content (AvgIpc) is 2.66. The van der Waals surface area contributed by atoms with Crippen LogP contribution in [0, 0.1) is 18.8 Å². The van der Waals surface area contributed by atoms with Gasteiger partial charge in [-0.15, -0.1) is 0 Å². The Morgan fingerprint density at radius 2 is 1.87 bits per heavy atom. The molecule has 2 aromatic rings. The predicted octanol–water partition coefficient (Wildman–Crippen LogP) is 3.13. The zero-order valence-electron chi connectivity index (χ0n) is 16.8. The maximum absolute atomic E-state index is 12.7. The number of alkyl halides is 3. The molecule has 0 atom stereocenters. The van der Waals surface area contributed by atoms with E-state index in [0.29, 0.717) is 23.0 Å². The second-order valence-electron chi connectivity index (χ2n) is 6.53. The van der Waals surface area contributed by atoms with Gasteiger partial charge in [-0.05, 0) is 42.3 Å². The number of hydrogen-bond acceptors (Lipinski definition) is 3. The molecule has 0 unspecified atom stereocenters. The van der Waals surface area contributed by atoms with Crippen molar-refractivity contribution in [3.63, 3.8) is 0 Å². The first kappa shape index (κ1) is 23.3. The monoisotopic (exact) mass is 437 g/mol. The van der Waals surface area contributed by atoms with Crippen LogP contribution in [-0.4, -0.2) is 34.2 Å². The fourth-order valence-corrected chi connectivity index (χ4v) is 3.65. The number of aryl methyl sites for hydroxylation is 1. The summed E-state index contributed by atoms with van der Waals surface area (Å²) < 4.78 is 61.5. The molecular formula is C21H22F3N3O2S. The van der Waals surface area contributed by atoms with Crippen LogP contribution in [-0.2, 0) is 22.6 Å². The molecule has 2 aromatic carbocycles. The highest BCUT2D eigenvalue weighted by Gasteiger charge is 2.30. The summed E-state index contributed by atoms with van der Waals surface area (Å²) in [6.45, 7) is 2.32. The van der Waals surface area contributed by atoms with Gasteiger partial charge in [0.25, 0.3) is 0 Å². The standard InChI is InChI=1S/C21H22F3N3O2S/c1-15-12-17(9-10-19(15)30(3,28)29)14-27-20(25-2)26-11-5-7-16-6-4-8-18(13-16)21(22,23)24/h4,6,8-10,12-13H,11,14H2,1-3H3,(H2,25,26,27). The molecule has 0 fully saturated rings. The molecule has 0 aliphatic heterocycles. The van der Waals surface area contributed by atoms with E-state index in [1.54, 1.807) is 32.2 Å². The molecule has 9 heteroatoms. The Hall–Kier alpha value is -2.99. The van der Waals surface area contributed by atoms with Crippen LogP contribution in [0.5, 0.6) is 0 Å². The molecule has 0 spiro atoms. The minimum Gasteiger partial charge on any atom is -0.352 e. The fourth-order valence-electron chi connectivity index (χ4n) is 2.69. The van der Waals surface area contributed by atoms with Crippen molar-refractivity contribution >= 4 is 15.8 Å². The summed E-state index contributed by atoms with van der Waals surface area (Å²) in [4.78, 5) is 4.35. The third-order valence-corrected chi connectivity index (χ3v) is 5.35. The van der Waals surface area contributed by atoms with Gasteiger partial charge in [0.05, 0.1) is 17.0 Å². The number of aliphatic imine (C=N–C) groups is 1. The van der Waals surface area contributed by atoms with E-state index in [-0.39, 0.29) is 12.1 Å². The molecule has 0 aliphatic rings. The highest BCUT2D eigenvalue weighted by atomic mass is 32.2. The Bertz CT molecular complexity index is 1100. The molecule has 2 rings (SSSR count). The van der Waals surface area contributed by atoms with Gasteiger partial charge in [-0.25, -0.2) is 8.42 Å². The number of hydrogen-bond donors (Lipinski definition) is 2. The Balaban J connectivity index is 1.93. The summed E-state index contributed by atoms with van der Waals surface area (Å²) in [6, 6.07) is 9.90. The van der Waals surface area contributed by atoms with Gasteiger partial charge in [-0.1, -0.05) is 30.0 Å². The summed E-state index contributed by atoms with van der Waals surface area (Å²) in [5.74, 6) is 5.90. The third kappa shape index (κ3) is 6.81. The number of nitrogens with zero attached hydrogens (tertiary/aromatic N) is 1. The van der Waals surface area contributed by atoms with Gasteiger partial charge in [0, 0.05) is 25.4 Å². The molecule has 0 aliphatic carbocycles. The highest BCUT2D eigenvalue weighted by Crippen LogP contribution is 2.29. The first-order chi connectivity index (χ1) is 14.0. The first-order valence-electron chi connectivity index (χ1n) is 8.91. The van der Waals surface area contributed by atoms with Crippen LogP contribution >= 0.6 is 0 Å². The van der Waals surface area contributed by atoms with Crippen molar-refractivity contribution < 1.29 is 21.6 Å². The van der Waals surface area contributed by atoms with E-state index in [0.717, 1.165) is 17.7 Å². The van der Waals surface area contributed by atoms with Crippen molar-refractivity contribution in [2.24, 2.45) is 4.99 Å². The lowest BCUT2D eigenvalue weighted by molar-refractivity contribution is -0.137. The van der Waals surface area contributed by atoms with Gasteiger partial charge >= 0.3 is 6.18 Å². The third-order valence-electron chi connectivity index (χ3n) is 4.09.